The van der Waals surface area contributed by atoms with Crippen molar-refractivity contribution in [1.29, 1.82) is 0 Å². The summed E-state index contributed by atoms with van der Waals surface area (Å²) in [4.78, 5) is 15.2. The molecule has 1 N–H and O–H groups in total. The lowest BCUT2D eigenvalue weighted by Gasteiger charge is -2.33. The fourth-order valence-corrected chi connectivity index (χ4v) is 3.57. The summed E-state index contributed by atoms with van der Waals surface area (Å²) in [6, 6.07) is 4.02. The number of nitrogens with zero attached hydrogens (tertiary/aromatic N) is 3. The van der Waals surface area contributed by atoms with Crippen LogP contribution in [0.25, 0.3) is 10.8 Å². The molecule has 6 nitrogen and oxygen atoms in total. The van der Waals surface area contributed by atoms with Gasteiger partial charge in [-0.2, -0.15) is 0 Å². The van der Waals surface area contributed by atoms with E-state index in [0.717, 1.165) is 30.8 Å². The van der Waals surface area contributed by atoms with Gasteiger partial charge in [0.25, 0.3) is 5.89 Å². The van der Waals surface area contributed by atoms with Crippen molar-refractivity contribution in [3.8, 4) is 10.8 Å². The number of likely N-dealkylation sites (tertiary alicyclic amines) is 1. The molecule has 1 aliphatic rings. The van der Waals surface area contributed by atoms with Crippen molar-refractivity contribution in [2.24, 2.45) is 5.92 Å². The van der Waals surface area contributed by atoms with Gasteiger partial charge in [0.15, 0.2) is 0 Å². The van der Waals surface area contributed by atoms with E-state index in [9.17, 15) is 4.79 Å². The molecule has 1 unspecified atom stereocenters. The van der Waals surface area contributed by atoms with Gasteiger partial charge in [0, 0.05) is 12.5 Å². The smallest absolute Gasteiger partial charge is 0.257 e. The Bertz CT molecular complexity index is 632. The first-order chi connectivity index (χ1) is 11.2. The van der Waals surface area contributed by atoms with E-state index in [0.29, 0.717) is 18.3 Å². The third-order valence-electron chi connectivity index (χ3n) is 4.33. The van der Waals surface area contributed by atoms with Crippen molar-refractivity contribution in [3.63, 3.8) is 0 Å². The molecule has 1 atom stereocenters. The third kappa shape index (κ3) is 3.61. The van der Waals surface area contributed by atoms with Gasteiger partial charge in [0.05, 0.1) is 10.9 Å². The molecule has 0 saturated carbocycles. The van der Waals surface area contributed by atoms with Crippen LogP contribution >= 0.6 is 11.3 Å². The van der Waals surface area contributed by atoms with Gasteiger partial charge in [-0.15, -0.1) is 21.5 Å². The Morgan fingerprint density at radius 1 is 1.48 bits per heavy atom. The maximum absolute atomic E-state index is 11.9. The molecule has 1 fully saturated rings. The van der Waals surface area contributed by atoms with Crippen molar-refractivity contribution < 1.29 is 9.21 Å². The SMILES string of the molecule is CCNC(=O)C1CCN(C(C)c2nnc(-c3cccs3)o2)CC1. The standard InChI is InChI=1S/C16H22N4O2S/c1-3-17-14(21)12-6-8-20(9-7-12)11(2)15-18-19-16(22-15)13-5-4-10-23-13/h4-5,10-12H,3,6-9H2,1-2H3,(H,17,21). The monoisotopic (exact) mass is 334 g/mol. The molecule has 7 heteroatoms. The summed E-state index contributed by atoms with van der Waals surface area (Å²) in [6.45, 7) is 6.48. The molecule has 2 aromatic heterocycles. The van der Waals surface area contributed by atoms with Crippen molar-refractivity contribution in [2.45, 2.75) is 32.7 Å². The lowest BCUT2D eigenvalue weighted by Crippen LogP contribution is -2.41. The lowest BCUT2D eigenvalue weighted by molar-refractivity contribution is -0.126. The van der Waals surface area contributed by atoms with Gasteiger partial charge >= 0.3 is 0 Å². The molecule has 0 radical (unpaired) electrons. The topological polar surface area (TPSA) is 71.3 Å². The number of amides is 1. The molecule has 0 aromatic carbocycles. The summed E-state index contributed by atoms with van der Waals surface area (Å²) in [5.74, 6) is 1.53. The van der Waals surface area contributed by atoms with Gasteiger partial charge in [-0.05, 0) is 51.2 Å². The highest BCUT2D eigenvalue weighted by molar-refractivity contribution is 7.13. The highest BCUT2D eigenvalue weighted by atomic mass is 32.1. The van der Waals surface area contributed by atoms with Crippen LogP contribution in [0.1, 0.15) is 38.6 Å². The number of aromatic nitrogens is 2. The van der Waals surface area contributed by atoms with Crippen LogP contribution < -0.4 is 5.32 Å². The zero-order chi connectivity index (χ0) is 16.2. The molecule has 23 heavy (non-hydrogen) atoms. The minimum atomic E-state index is 0.0754. The molecule has 2 aromatic rings. The van der Waals surface area contributed by atoms with Gasteiger partial charge in [0.1, 0.15) is 0 Å². The number of nitrogens with one attached hydrogen (secondary N) is 1. The Hall–Kier alpha value is -1.73. The maximum Gasteiger partial charge on any atom is 0.257 e. The Morgan fingerprint density at radius 2 is 2.26 bits per heavy atom. The third-order valence-corrected chi connectivity index (χ3v) is 5.19. The van der Waals surface area contributed by atoms with Crippen molar-refractivity contribution in [2.75, 3.05) is 19.6 Å². The van der Waals surface area contributed by atoms with Crippen molar-refractivity contribution in [1.82, 2.24) is 20.4 Å². The van der Waals surface area contributed by atoms with E-state index in [2.05, 4.69) is 27.3 Å². The van der Waals surface area contributed by atoms with E-state index in [-0.39, 0.29) is 17.9 Å². The van der Waals surface area contributed by atoms with Crippen LogP contribution in [0.3, 0.4) is 0 Å². The van der Waals surface area contributed by atoms with Crippen LogP contribution in [0.2, 0.25) is 0 Å². The van der Waals surface area contributed by atoms with E-state index in [1.54, 1.807) is 11.3 Å². The molecular formula is C16H22N4O2S. The molecular weight excluding hydrogens is 312 g/mol. The van der Waals surface area contributed by atoms with Gasteiger partial charge in [0.2, 0.25) is 11.8 Å². The van der Waals surface area contributed by atoms with Crippen molar-refractivity contribution in [3.05, 3.63) is 23.4 Å². The Labute approximate surface area is 139 Å². The molecule has 3 rings (SSSR count). The second-order valence-electron chi connectivity index (χ2n) is 5.80. The molecule has 1 aliphatic heterocycles. The number of hydrogen-bond acceptors (Lipinski definition) is 6. The molecule has 0 aliphatic carbocycles. The Morgan fingerprint density at radius 3 is 2.91 bits per heavy atom. The number of piperidine rings is 1. The molecule has 0 spiro atoms. The molecule has 3 heterocycles. The Balaban J connectivity index is 1.59. The highest BCUT2D eigenvalue weighted by Crippen LogP contribution is 2.29. The summed E-state index contributed by atoms with van der Waals surface area (Å²) in [6.07, 6.45) is 1.75. The molecule has 1 saturated heterocycles. The van der Waals surface area contributed by atoms with E-state index in [4.69, 9.17) is 4.42 Å². The summed E-state index contributed by atoms with van der Waals surface area (Å²) < 4.78 is 5.82. The zero-order valence-corrected chi connectivity index (χ0v) is 14.3. The summed E-state index contributed by atoms with van der Waals surface area (Å²) in [5.41, 5.74) is 0. The summed E-state index contributed by atoms with van der Waals surface area (Å²) >= 11 is 1.59. The molecule has 0 bridgehead atoms. The van der Waals surface area contributed by atoms with Crippen LogP contribution in [-0.2, 0) is 4.79 Å². The van der Waals surface area contributed by atoms with Gasteiger partial charge in [-0.1, -0.05) is 6.07 Å². The predicted octanol–water partition coefficient (Wildman–Crippen LogP) is 2.71. The largest absolute Gasteiger partial charge is 0.418 e. The number of thiophene rings is 1. The predicted molar refractivity (Wildman–Crippen MR) is 89.0 cm³/mol. The average Bonchev–Trinajstić information content (AvgIpc) is 3.25. The van der Waals surface area contributed by atoms with Gasteiger partial charge in [-0.25, -0.2) is 0 Å². The fraction of sp³-hybridized carbons (Fsp3) is 0.562. The highest BCUT2D eigenvalue weighted by Gasteiger charge is 2.29. The van der Waals surface area contributed by atoms with Crippen LogP contribution in [0.4, 0.5) is 0 Å². The fourth-order valence-electron chi connectivity index (χ4n) is 2.93. The first kappa shape index (κ1) is 16.1. The van der Waals surface area contributed by atoms with E-state index >= 15 is 0 Å². The second-order valence-corrected chi connectivity index (χ2v) is 6.75. The van der Waals surface area contributed by atoms with Gasteiger partial charge in [-0.3, -0.25) is 9.69 Å². The van der Waals surface area contributed by atoms with Crippen LogP contribution in [0, 0.1) is 5.92 Å². The second kappa shape index (κ2) is 7.23. The number of hydrogen-bond donors (Lipinski definition) is 1. The molecule has 124 valence electrons. The van der Waals surface area contributed by atoms with Gasteiger partial charge < -0.3 is 9.73 Å². The maximum atomic E-state index is 11.9. The normalized spacial score (nSPS) is 18.0. The van der Waals surface area contributed by atoms with Crippen LogP contribution in [0.5, 0.6) is 0 Å². The summed E-state index contributed by atoms with van der Waals surface area (Å²) in [7, 11) is 0. The van der Waals surface area contributed by atoms with Crippen LogP contribution in [-0.4, -0.2) is 40.6 Å². The number of carbonyl (C=O) groups excluding carboxylic acids is 1. The quantitative estimate of drug-likeness (QED) is 0.910. The summed E-state index contributed by atoms with van der Waals surface area (Å²) in [5, 5.41) is 13.3. The zero-order valence-electron chi connectivity index (χ0n) is 13.5. The van der Waals surface area contributed by atoms with Crippen LogP contribution in [0.15, 0.2) is 21.9 Å². The number of carbonyl (C=O) groups is 1. The van der Waals surface area contributed by atoms with Crippen molar-refractivity contribution >= 4 is 17.2 Å². The van der Waals surface area contributed by atoms with E-state index < -0.39 is 0 Å². The molecule has 1 amide bonds. The van der Waals surface area contributed by atoms with E-state index in [1.165, 1.54) is 0 Å². The minimum absolute atomic E-state index is 0.0754. The first-order valence-corrected chi connectivity index (χ1v) is 8.96. The lowest BCUT2D eigenvalue weighted by atomic mass is 9.95. The number of rotatable bonds is 5. The Kier molecular flexibility index (Phi) is 5.07. The minimum Gasteiger partial charge on any atom is -0.418 e. The first-order valence-electron chi connectivity index (χ1n) is 8.08. The van der Waals surface area contributed by atoms with E-state index in [1.807, 2.05) is 24.4 Å². The average molecular weight is 334 g/mol.